The minimum absolute atomic E-state index is 0.0426. The molecule has 9 heteroatoms. The molecule has 192 valence electrons. The molecular formula is C26H38N4O4S. The fourth-order valence-electron chi connectivity index (χ4n) is 4.80. The number of thiol groups is 1. The van der Waals surface area contributed by atoms with Gasteiger partial charge in [-0.15, -0.1) is 0 Å². The third-order valence-electron chi connectivity index (χ3n) is 6.88. The van der Waals surface area contributed by atoms with Gasteiger partial charge in [0.25, 0.3) is 0 Å². The summed E-state index contributed by atoms with van der Waals surface area (Å²) in [5.41, 5.74) is 0.660. The van der Waals surface area contributed by atoms with Gasteiger partial charge in [0.1, 0.15) is 18.6 Å². The molecule has 8 nitrogen and oxygen atoms in total. The van der Waals surface area contributed by atoms with Gasteiger partial charge in [-0.3, -0.25) is 19.2 Å². The number of carbonyl (C=O) groups excluding carboxylic acids is 4. The van der Waals surface area contributed by atoms with E-state index in [0.717, 1.165) is 50.7 Å². The van der Waals surface area contributed by atoms with Crippen LogP contribution in [-0.2, 0) is 19.2 Å². The number of carbonyl (C=O) groups is 4. The molecule has 1 aromatic carbocycles. The van der Waals surface area contributed by atoms with Crippen molar-refractivity contribution in [3.63, 3.8) is 0 Å². The van der Waals surface area contributed by atoms with Crippen LogP contribution in [0, 0.1) is 5.92 Å². The zero-order valence-electron chi connectivity index (χ0n) is 20.5. The molecule has 3 N–H and O–H groups in total. The molecule has 3 fully saturated rings. The van der Waals surface area contributed by atoms with Crippen LogP contribution in [-0.4, -0.2) is 54.1 Å². The van der Waals surface area contributed by atoms with Crippen LogP contribution in [0.25, 0.3) is 0 Å². The van der Waals surface area contributed by atoms with Crippen molar-refractivity contribution in [3.8, 4) is 0 Å². The molecule has 0 spiro atoms. The summed E-state index contributed by atoms with van der Waals surface area (Å²) < 4.78 is 0. The molecule has 1 aliphatic carbocycles. The molecule has 35 heavy (non-hydrogen) atoms. The minimum atomic E-state index is -0.840. The normalized spacial score (nSPS) is 26.7. The Hall–Kier alpha value is -2.55. The SMILES string of the molecule is C[C@H]1NC(=O)CN(c2ccccc2)C(=O)CC2CCC(CC2)NC(=O)[C@H](CCCCCS)NC1=O. The number of fused-ring (bicyclic) bond motifs is 13. The lowest BCUT2D eigenvalue weighted by Crippen LogP contribution is -2.55. The van der Waals surface area contributed by atoms with Gasteiger partial charge >= 0.3 is 0 Å². The summed E-state index contributed by atoms with van der Waals surface area (Å²) in [7, 11) is 0. The van der Waals surface area contributed by atoms with Crippen LogP contribution < -0.4 is 20.9 Å². The number of rotatable bonds is 6. The summed E-state index contributed by atoms with van der Waals surface area (Å²) in [6.07, 6.45) is 6.86. The van der Waals surface area contributed by atoms with Crippen molar-refractivity contribution in [2.24, 2.45) is 5.92 Å². The number of hydrogen-bond donors (Lipinski definition) is 4. The van der Waals surface area contributed by atoms with Crippen molar-refractivity contribution < 1.29 is 19.2 Å². The Bertz CT molecular complexity index is 873. The molecule has 4 amide bonds. The second kappa shape index (κ2) is 13.5. The lowest BCUT2D eigenvalue weighted by Gasteiger charge is -2.32. The van der Waals surface area contributed by atoms with E-state index in [-0.39, 0.29) is 30.3 Å². The number of amides is 4. The molecule has 0 aromatic heterocycles. The predicted octanol–water partition coefficient (Wildman–Crippen LogP) is 2.58. The van der Waals surface area contributed by atoms with Crippen LogP contribution in [0.3, 0.4) is 0 Å². The van der Waals surface area contributed by atoms with Crippen molar-refractivity contribution in [2.75, 3.05) is 17.2 Å². The number of anilines is 1. The van der Waals surface area contributed by atoms with Crippen molar-refractivity contribution in [3.05, 3.63) is 30.3 Å². The van der Waals surface area contributed by atoms with E-state index in [1.807, 2.05) is 30.3 Å². The molecular weight excluding hydrogens is 464 g/mol. The van der Waals surface area contributed by atoms with Crippen LogP contribution in [0.4, 0.5) is 5.69 Å². The molecule has 2 atom stereocenters. The highest BCUT2D eigenvalue weighted by atomic mass is 32.1. The van der Waals surface area contributed by atoms with E-state index in [1.54, 1.807) is 6.92 Å². The Morgan fingerprint density at radius 3 is 2.29 bits per heavy atom. The molecule has 2 heterocycles. The highest BCUT2D eigenvalue weighted by Crippen LogP contribution is 2.28. The quantitative estimate of drug-likeness (QED) is 0.272. The second-order valence-electron chi connectivity index (χ2n) is 9.67. The topological polar surface area (TPSA) is 108 Å². The largest absolute Gasteiger partial charge is 0.352 e. The van der Waals surface area contributed by atoms with Gasteiger partial charge in [-0.25, -0.2) is 0 Å². The van der Waals surface area contributed by atoms with Gasteiger partial charge in [0.05, 0.1) is 0 Å². The van der Waals surface area contributed by atoms with E-state index in [1.165, 1.54) is 4.90 Å². The van der Waals surface area contributed by atoms with Crippen molar-refractivity contribution in [2.45, 2.75) is 82.8 Å². The van der Waals surface area contributed by atoms with Crippen molar-refractivity contribution in [1.82, 2.24) is 16.0 Å². The van der Waals surface area contributed by atoms with Gasteiger partial charge in [-0.1, -0.05) is 31.0 Å². The Kier molecular flexibility index (Phi) is 10.4. The maximum absolute atomic E-state index is 13.2. The first kappa shape index (κ1) is 27.0. The van der Waals surface area contributed by atoms with Gasteiger partial charge in [-0.2, -0.15) is 12.6 Å². The van der Waals surface area contributed by atoms with E-state index < -0.39 is 23.9 Å². The maximum atomic E-state index is 13.2. The van der Waals surface area contributed by atoms with E-state index in [9.17, 15) is 19.2 Å². The average Bonchev–Trinajstić information content (AvgIpc) is 2.85. The lowest BCUT2D eigenvalue weighted by atomic mass is 9.83. The molecule has 0 radical (unpaired) electrons. The lowest BCUT2D eigenvalue weighted by molar-refractivity contribution is -0.132. The van der Waals surface area contributed by atoms with Crippen molar-refractivity contribution >= 4 is 41.9 Å². The molecule has 1 saturated carbocycles. The van der Waals surface area contributed by atoms with Crippen LogP contribution in [0.15, 0.2) is 30.3 Å². The molecule has 3 aliphatic rings. The van der Waals surface area contributed by atoms with Gasteiger partial charge in [-0.05, 0) is 69.3 Å². The predicted molar refractivity (Wildman–Crippen MR) is 139 cm³/mol. The first-order valence-corrected chi connectivity index (χ1v) is 13.4. The third-order valence-corrected chi connectivity index (χ3v) is 7.20. The van der Waals surface area contributed by atoms with Crippen LogP contribution in [0.1, 0.15) is 64.7 Å². The van der Waals surface area contributed by atoms with Crippen LogP contribution >= 0.6 is 12.6 Å². The molecule has 2 aliphatic heterocycles. The zero-order valence-corrected chi connectivity index (χ0v) is 21.4. The summed E-state index contributed by atoms with van der Waals surface area (Å²) in [5.74, 6) is -0.114. The zero-order chi connectivity index (χ0) is 25.2. The summed E-state index contributed by atoms with van der Waals surface area (Å²) in [5, 5.41) is 8.65. The smallest absolute Gasteiger partial charge is 0.242 e. The number of para-hydroxylation sites is 1. The Balaban J connectivity index is 1.78. The molecule has 2 saturated heterocycles. The number of nitrogens with zero attached hydrogens (tertiary/aromatic N) is 1. The van der Waals surface area contributed by atoms with E-state index in [4.69, 9.17) is 0 Å². The fraction of sp³-hybridized carbons (Fsp3) is 0.615. The maximum Gasteiger partial charge on any atom is 0.242 e. The van der Waals surface area contributed by atoms with E-state index in [2.05, 4.69) is 28.6 Å². The van der Waals surface area contributed by atoms with Gasteiger partial charge in [0, 0.05) is 18.2 Å². The first-order valence-electron chi connectivity index (χ1n) is 12.7. The summed E-state index contributed by atoms with van der Waals surface area (Å²) >= 11 is 4.24. The van der Waals surface area contributed by atoms with Crippen molar-refractivity contribution in [1.29, 1.82) is 0 Å². The fourth-order valence-corrected chi connectivity index (χ4v) is 5.02. The van der Waals surface area contributed by atoms with E-state index >= 15 is 0 Å². The third kappa shape index (κ3) is 8.26. The number of nitrogens with one attached hydrogen (secondary N) is 3. The average molecular weight is 503 g/mol. The standard InChI is InChI=1S/C26H38N4O4S/c1-18-25(33)29-22(10-6-3-7-15-35)26(34)28-20-13-11-19(12-14-20)16-24(32)30(17-23(31)27-18)21-8-4-2-5-9-21/h2,4-5,8-9,18-20,22,35H,3,6-7,10-17H2,1H3,(H,27,31)(H,28,34)(H,29,33)/t18-,19?,20?,22+/m1/s1. The minimum Gasteiger partial charge on any atom is -0.352 e. The van der Waals surface area contributed by atoms with Gasteiger partial charge in [0.2, 0.25) is 23.6 Å². The molecule has 4 rings (SSSR count). The molecule has 2 bridgehead atoms. The molecule has 0 unspecified atom stereocenters. The number of hydrogen-bond acceptors (Lipinski definition) is 5. The Labute approximate surface area is 213 Å². The highest BCUT2D eigenvalue weighted by Gasteiger charge is 2.31. The van der Waals surface area contributed by atoms with Gasteiger partial charge < -0.3 is 20.9 Å². The Morgan fingerprint density at radius 2 is 1.60 bits per heavy atom. The summed E-state index contributed by atoms with van der Waals surface area (Å²) in [6.45, 7) is 1.42. The summed E-state index contributed by atoms with van der Waals surface area (Å²) in [4.78, 5) is 53.5. The van der Waals surface area contributed by atoms with Gasteiger partial charge in [0.15, 0.2) is 0 Å². The van der Waals surface area contributed by atoms with Crippen LogP contribution in [0.5, 0.6) is 0 Å². The Morgan fingerprint density at radius 1 is 0.886 bits per heavy atom. The highest BCUT2D eigenvalue weighted by molar-refractivity contribution is 7.80. The molecule has 1 aromatic rings. The van der Waals surface area contributed by atoms with E-state index in [0.29, 0.717) is 18.5 Å². The van der Waals surface area contributed by atoms with Crippen LogP contribution in [0.2, 0.25) is 0 Å². The second-order valence-corrected chi connectivity index (χ2v) is 10.1. The monoisotopic (exact) mass is 502 g/mol. The first-order chi connectivity index (χ1) is 16.9. The number of unbranched alkanes of at least 4 members (excludes halogenated alkanes) is 2. The number of benzene rings is 1. The summed E-state index contributed by atoms with van der Waals surface area (Å²) in [6, 6.07) is 7.71.